The number of piperidine rings is 1. The number of H-pyrrole nitrogens is 1. The van der Waals surface area contributed by atoms with Gasteiger partial charge in [0.2, 0.25) is 0 Å². The lowest BCUT2D eigenvalue weighted by atomic mass is 9.96. The quantitative estimate of drug-likeness (QED) is 0.788. The first-order chi connectivity index (χ1) is 11.6. The van der Waals surface area contributed by atoms with Crippen molar-refractivity contribution in [1.29, 1.82) is 0 Å². The topological polar surface area (TPSA) is 66.8 Å². The van der Waals surface area contributed by atoms with Crippen LogP contribution in [0.5, 0.6) is 0 Å². The summed E-state index contributed by atoms with van der Waals surface area (Å²) < 4.78 is 1.97. The van der Waals surface area contributed by atoms with Crippen molar-refractivity contribution < 1.29 is 4.79 Å². The fraction of sp³-hybridized carbons (Fsp3) is 0.389. The van der Waals surface area contributed by atoms with Crippen molar-refractivity contribution in [3.05, 3.63) is 47.7 Å². The molecule has 1 aromatic carbocycles. The number of rotatable bonds is 2. The molecule has 0 aliphatic carbocycles. The summed E-state index contributed by atoms with van der Waals surface area (Å²) in [5, 5.41) is 9.26. The van der Waals surface area contributed by atoms with E-state index in [4.69, 9.17) is 0 Å². The lowest BCUT2D eigenvalue weighted by Gasteiger charge is -2.31. The highest BCUT2D eigenvalue weighted by Gasteiger charge is 2.27. The van der Waals surface area contributed by atoms with Gasteiger partial charge in [-0.25, -0.2) is 0 Å². The lowest BCUT2D eigenvalue weighted by molar-refractivity contribution is 0.0705. The predicted octanol–water partition coefficient (Wildman–Crippen LogP) is 2.62. The summed E-state index contributed by atoms with van der Waals surface area (Å²) in [5.74, 6) is 1.48. The fourth-order valence-corrected chi connectivity index (χ4v) is 3.54. The molecule has 1 amide bonds. The number of nitrogens with zero attached hydrogens (tertiary/aromatic N) is 4. The molecule has 2 aromatic heterocycles. The van der Waals surface area contributed by atoms with Crippen LogP contribution in [0.4, 0.5) is 0 Å². The second-order valence-corrected chi connectivity index (χ2v) is 6.64. The Kier molecular flexibility index (Phi) is 3.59. The Morgan fingerprint density at radius 2 is 2.04 bits per heavy atom. The van der Waals surface area contributed by atoms with E-state index in [9.17, 15) is 4.79 Å². The van der Waals surface area contributed by atoms with Crippen molar-refractivity contribution in [3.63, 3.8) is 0 Å². The molecule has 0 radical (unpaired) electrons. The molecule has 3 aromatic rings. The van der Waals surface area contributed by atoms with Crippen LogP contribution in [0.2, 0.25) is 0 Å². The number of carbonyl (C=O) groups is 1. The number of aromatic amines is 1. The van der Waals surface area contributed by atoms with E-state index in [2.05, 4.69) is 34.2 Å². The van der Waals surface area contributed by atoms with Gasteiger partial charge in [-0.2, -0.15) is 0 Å². The van der Waals surface area contributed by atoms with Crippen LogP contribution in [-0.4, -0.2) is 43.6 Å². The Labute approximate surface area is 140 Å². The summed E-state index contributed by atoms with van der Waals surface area (Å²) in [6.07, 6.45) is 3.59. The van der Waals surface area contributed by atoms with Gasteiger partial charge in [0.05, 0.1) is 0 Å². The molecule has 4 rings (SSSR count). The molecular formula is C18H21N5O. The number of amides is 1. The minimum absolute atomic E-state index is 0.0836. The molecule has 0 unspecified atom stereocenters. The highest BCUT2D eigenvalue weighted by Crippen LogP contribution is 2.27. The molecule has 0 atom stereocenters. The first kappa shape index (κ1) is 14.9. The van der Waals surface area contributed by atoms with Gasteiger partial charge in [-0.15, -0.1) is 10.2 Å². The van der Waals surface area contributed by atoms with Gasteiger partial charge in [-0.3, -0.25) is 4.79 Å². The Bertz CT molecular complexity index is 886. The molecule has 0 saturated carbocycles. The van der Waals surface area contributed by atoms with Gasteiger partial charge in [-0.05, 0) is 38.0 Å². The number of aryl methyl sites for hydroxylation is 2. The van der Waals surface area contributed by atoms with Crippen LogP contribution in [0.15, 0.2) is 30.6 Å². The molecule has 0 bridgehead atoms. The zero-order valence-corrected chi connectivity index (χ0v) is 14.0. The first-order valence-electron chi connectivity index (χ1n) is 8.34. The summed E-state index contributed by atoms with van der Waals surface area (Å²) in [5.41, 5.74) is 2.88. The molecule has 1 aliphatic rings. The Morgan fingerprint density at radius 3 is 2.75 bits per heavy atom. The van der Waals surface area contributed by atoms with E-state index < -0.39 is 0 Å². The number of carbonyl (C=O) groups excluding carboxylic acids is 1. The van der Waals surface area contributed by atoms with Gasteiger partial charge < -0.3 is 14.5 Å². The molecule has 1 fully saturated rings. The van der Waals surface area contributed by atoms with Crippen LogP contribution in [0.3, 0.4) is 0 Å². The van der Waals surface area contributed by atoms with Crippen LogP contribution in [0.25, 0.3) is 10.9 Å². The van der Waals surface area contributed by atoms with Crippen molar-refractivity contribution in [2.75, 3.05) is 13.1 Å². The molecule has 0 spiro atoms. The van der Waals surface area contributed by atoms with E-state index in [0.717, 1.165) is 42.7 Å². The maximum Gasteiger partial charge on any atom is 0.270 e. The van der Waals surface area contributed by atoms with Gasteiger partial charge in [-0.1, -0.05) is 11.6 Å². The van der Waals surface area contributed by atoms with E-state index in [1.54, 1.807) is 6.33 Å². The minimum atomic E-state index is 0.0836. The smallest absolute Gasteiger partial charge is 0.270 e. The van der Waals surface area contributed by atoms with Crippen LogP contribution in [0.1, 0.15) is 40.6 Å². The normalized spacial score (nSPS) is 16.0. The third-order valence-corrected chi connectivity index (χ3v) is 4.90. The van der Waals surface area contributed by atoms with E-state index in [0.29, 0.717) is 11.6 Å². The lowest BCUT2D eigenvalue weighted by Crippen LogP contribution is -2.38. The van der Waals surface area contributed by atoms with Crippen molar-refractivity contribution >= 4 is 16.8 Å². The van der Waals surface area contributed by atoms with Crippen molar-refractivity contribution in [2.45, 2.75) is 25.7 Å². The Morgan fingerprint density at radius 1 is 1.25 bits per heavy atom. The van der Waals surface area contributed by atoms with Gasteiger partial charge in [0, 0.05) is 37.0 Å². The van der Waals surface area contributed by atoms with Crippen molar-refractivity contribution in [2.24, 2.45) is 7.05 Å². The third-order valence-electron chi connectivity index (χ3n) is 4.90. The number of benzene rings is 1. The minimum Gasteiger partial charge on any atom is -0.351 e. The highest BCUT2D eigenvalue weighted by molar-refractivity contribution is 5.98. The Balaban J connectivity index is 1.48. The predicted molar refractivity (Wildman–Crippen MR) is 91.9 cm³/mol. The highest BCUT2D eigenvalue weighted by atomic mass is 16.2. The molecule has 1 saturated heterocycles. The molecule has 6 heteroatoms. The standard InChI is InChI=1S/C18H21N5O/c1-12-3-4-15-14(9-12)10-16(20-15)18(24)23-7-5-13(6-8-23)17-21-19-11-22(17)2/h3-4,9-11,13,20H,5-8H2,1-2H3. The summed E-state index contributed by atoms with van der Waals surface area (Å²) in [6.45, 7) is 3.57. The molecule has 3 heterocycles. The van der Waals surface area contributed by atoms with Gasteiger partial charge in [0.25, 0.3) is 5.91 Å². The maximum atomic E-state index is 12.8. The van der Waals surface area contributed by atoms with Crippen LogP contribution in [0, 0.1) is 6.92 Å². The molecular weight excluding hydrogens is 302 g/mol. The van der Waals surface area contributed by atoms with E-state index in [1.165, 1.54) is 5.56 Å². The van der Waals surface area contributed by atoms with E-state index in [-0.39, 0.29) is 5.91 Å². The summed E-state index contributed by atoms with van der Waals surface area (Å²) in [6, 6.07) is 8.14. The van der Waals surface area contributed by atoms with E-state index in [1.807, 2.05) is 28.6 Å². The number of hydrogen-bond acceptors (Lipinski definition) is 3. The second-order valence-electron chi connectivity index (χ2n) is 6.64. The Hall–Kier alpha value is -2.63. The average molecular weight is 323 g/mol. The number of nitrogens with one attached hydrogen (secondary N) is 1. The second kappa shape index (κ2) is 5.78. The summed E-state index contributed by atoms with van der Waals surface area (Å²) >= 11 is 0. The third kappa shape index (κ3) is 2.58. The molecule has 24 heavy (non-hydrogen) atoms. The molecule has 1 N–H and O–H groups in total. The zero-order valence-electron chi connectivity index (χ0n) is 14.0. The summed E-state index contributed by atoms with van der Waals surface area (Å²) in [7, 11) is 1.97. The summed E-state index contributed by atoms with van der Waals surface area (Å²) in [4.78, 5) is 18.0. The van der Waals surface area contributed by atoms with Crippen LogP contribution in [-0.2, 0) is 7.05 Å². The molecule has 1 aliphatic heterocycles. The van der Waals surface area contributed by atoms with Crippen LogP contribution >= 0.6 is 0 Å². The molecule has 124 valence electrons. The maximum absolute atomic E-state index is 12.8. The number of hydrogen-bond donors (Lipinski definition) is 1. The first-order valence-corrected chi connectivity index (χ1v) is 8.34. The SMILES string of the molecule is Cc1ccc2[nH]c(C(=O)N3CCC(c4nncn4C)CC3)cc2c1. The van der Waals surface area contributed by atoms with Crippen molar-refractivity contribution in [3.8, 4) is 0 Å². The number of likely N-dealkylation sites (tertiary alicyclic amines) is 1. The number of aromatic nitrogens is 4. The van der Waals surface area contributed by atoms with Gasteiger partial charge >= 0.3 is 0 Å². The van der Waals surface area contributed by atoms with E-state index >= 15 is 0 Å². The van der Waals surface area contributed by atoms with Gasteiger partial charge in [0.15, 0.2) is 0 Å². The zero-order chi connectivity index (χ0) is 16.7. The number of fused-ring (bicyclic) bond motifs is 1. The van der Waals surface area contributed by atoms with Gasteiger partial charge in [0.1, 0.15) is 17.8 Å². The average Bonchev–Trinajstić information content (AvgIpc) is 3.20. The molecule has 6 nitrogen and oxygen atoms in total. The van der Waals surface area contributed by atoms with Crippen LogP contribution < -0.4 is 0 Å². The van der Waals surface area contributed by atoms with Crippen molar-refractivity contribution in [1.82, 2.24) is 24.6 Å². The fourth-order valence-electron chi connectivity index (χ4n) is 3.54. The monoisotopic (exact) mass is 323 g/mol. The largest absolute Gasteiger partial charge is 0.351 e.